The van der Waals surface area contributed by atoms with Crippen LogP contribution in [0.25, 0.3) is 0 Å². The Kier molecular flexibility index (Phi) is 3.56. The van der Waals surface area contributed by atoms with Crippen molar-refractivity contribution in [3.05, 3.63) is 0 Å². The number of carbonyl (C=O) groups excluding carboxylic acids is 1. The second kappa shape index (κ2) is 3.78. The summed E-state index contributed by atoms with van der Waals surface area (Å²) in [4.78, 5) is 9.69. The minimum atomic E-state index is -0.730. The highest BCUT2D eigenvalue weighted by atomic mass is 35.5. The summed E-state index contributed by atoms with van der Waals surface area (Å²) in [5.41, 5.74) is 0. The third-order valence-electron chi connectivity index (χ3n) is 0.177. The highest BCUT2D eigenvalue weighted by molar-refractivity contribution is 8.02. The second-order valence-corrected chi connectivity index (χ2v) is 1.50. The van der Waals surface area contributed by atoms with E-state index in [1.54, 1.807) is 5.40 Å². The predicted molar refractivity (Wildman–Crippen MR) is 27.6 cm³/mol. The molecule has 0 aromatic heterocycles. The van der Waals surface area contributed by atoms with E-state index < -0.39 is 5.37 Å². The molecule has 0 unspecified atom stereocenters. The van der Waals surface area contributed by atoms with E-state index in [-0.39, 0.29) is 0 Å². The number of halogens is 1. The summed E-state index contributed by atoms with van der Waals surface area (Å²) >= 11 is 5.32. The zero-order chi connectivity index (χ0) is 5.70. The molecule has 38 valence electrons. The average Bonchev–Trinajstić information content (AvgIpc) is 1.61. The molecule has 7 heavy (non-hydrogen) atoms. The molecule has 5 heteroatoms. The van der Waals surface area contributed by atoms with Crippen LogP contribution in [0.1, 0.15) is 0 Å². The summed E-state index contributed by atoms with van der Waals surface area (Å²) in [5.74, 6) is 0. The molecule has 0 atom stereocenters. The number of hydrogen-bond acceptors (Lipinski definition) is 3. The molecule has 0 saturated carbocycles. The van der Waals surface area contributed by atoms with Crippen LogP contribution >= 0.6 is 23.5 Å². The Bertz CT molecular complexity index is 109. The van der Waals surface area contributed by atoms with Gasteiger partial charge in [-0.25, -0.2) is 0 Å². The number of nitrogens with zero attached hydrogens (tertiary/aromatic N) is 1. The van der Waals surface area contributed by atoms with E-state index in [1.165, 1.54) is 0 Å². The topological polar surface area (TPSA) is 52.9 Å². The molecule has 0 heterocycles. The first-order valence-electron chi connectivity index (χ1n) is 1.27. The van der Waals surface area contributed by atoms with Crippen molar-refractivity contribution in [3.63, 3.8) is 0 Å². The minimum absolute atomic E-state index is 0.590. The number of hydrogen-bond donors (Lipinski definition) is 1. The van der Waals surface area contributed by atoms with E-state index in [1.807, 2.05) is 4.72 Å². The number of amides is 1. The molecule has 1 N–H and O–H groups in total. The summed E-state index contributed by atoms with van der Waals surface area (Å²) in [6.07, 6.45) is 0. The lowest BCUT2D eigenvalue weighted by atomic mass is 11.5. The third kappa shape index (κ3) is 5.60. The molecule has 0 radical (unpaired) electrons. The van der Waals surface area contributed by atoms with Gasteiger partial charge in [-0.2, -0.15) is 5.26 Å². The van der Waals surface area contributed by atoms with Crippen molar-refractivity contribution in [1.29, 1.82) is 5.26 Å². The third-order valence-corrected chi connectivity index (χ3v) is 0.762. The first-order valence-corrected chi connectivity index (χ1v) is 2.47. The zero-order valence-corrected chi connectivity index (χ0v) is 4.71. The molecule has 0 aliphatic heterocycles. The van der Waals surface area contributed by atoms with Crippen molar-refractivity contribution in [2.24, 2.45) is 0 Å². The van der Waals surface area contributed by atoms with Crippen LogP contribution in [0.3, 0.4) is 0 Å². The average molecular weight is 137 g/mol. The van der Waals surface area contributed by atoms with Crippen molar-refractivity contribution in [3.8, 4) is 5.40 Å². The van der Waals surface area contributed by atoms with Gasteiger partial charge in [0.05, 0.1) is 11.9 Å². The van der Waals surface area contributed by atoms with Crippen molar-refractivity contribution < 1.29 is 4.79 Å². The van der Waals surface area contributed by atoms with Gasteiger partial charge < -0.3 is 0 Å². The quantitative estimate of drug-likeness (QED) is 0.254. The Morgan fingerprint density at radius 1 is 2.00 bits per heavy atom. The van der Waals surface area contributed by atoms with Crippen molar-refractivity contribution in [2.45, 2.75) is 0 Å². The lowest BCUT2D eigenvalue weighted by molar-refractivity contribution is 0.264. The van der Waals surface area contributed by atoms with Crippen molar-refractivity contribution in [2.75, 3.05) is 0 Å². The van der Waals surface area contributed by atoms with Gasteiger partial charge in [0.1, 0.15) is 0 Å². The zero-order valence-electron chi connectivity index (χ0n) is 3.14. The minimum Gasteiger partial charge on any atom is -0.274 e. The van der Waals surface area contributed by atoms with E-state index in [4.69, 9.17) is 16.9 Å². The van der Waals surface area contributed by atoms with Crippen LogP contribution in [0.4, 0.5) is 4.79 Å². The predicted octanol–water partition coefficient (Wildman–Crippen LogP) is 1.06. The molecule has 0 aliphatic rings. The van der Waals surface area contributed by atoms with E-state index >= 15 is 0 Å². The Hall–Kier alpha value is -0.400. The monoisotopic (exact) mass is 136 g/mol. The van der Waals surface area contributed by atoms with Gasteiger partial charge in [0.15, 0.2) is 5.40 Å². The summed E-state index contributed by atoms with van der Waals surface area (Å²) in [6, 6.07) is 0. The SMILES string of the molecule is N#CSNC(=O)Cl. The smallest absolute Gasteiger partial charge is 0.274 e. The van der Waals surface area contributed by atoms with Gasteiger partial charge in [-0.05, 0) is 11.6 Å². The molecule has 0 aliphatic carbocycles. The molecule has 0 spiro atoms. The number of nitrogens with one attached hydrogen (secondary N) is 1. The molecule has 0 bridgehead atoms. The van der Waals surface area contributed by atoms with Gasteiger partial charge in [-0.3, -0.25) is 9.52 Å². The van der Waals surface area contributed by atoms with Crippen LogP contribution in [-0.2, 0) is 0 Å². The molecule has 0 rings (SSSR count). The molecular formula is C2HClN2OS. The van der Waals surface area contributed by atoms with Gasteiger partial charge in [0.25, 0.3) is 0 Å². The lowest BCUT2D eigenvalue weighted by Gasteiger charge is -1.82. The Balaban J connectivity index is 3.02. The van der Waals surface area contributed by atoms with Crippen LogP contribution in [-0.4, -0.2) is 5.37 Å². The fourth-order valence-corrected chi connectivity index (χ4v) is 0.305. The number of thiocyanates is 1. The number of rotatable bonds is 1. The largest absolute Gasteiger partial charge is 0.324 e. The normalized spacial score (nSPS) is 6.86. The fraction of sp³-hybridized carbons (Fsp3) is 0. The van der Waals surface area contributed by atoms with Gasteiger partial charge >= 0.3 is 5.37 Å². The highest BCUT2D eigenvalue weighted by Gasteiger charge is 1.87. The first-order chi connectivity index (χ1) is 3.27. The maximum atomic E-state index is 9.69. The summed E-state index contributed by atoms with van der Waals surface area (Å²) in [5, 5.41) is 8.62. The van der Waals surface area contributed by atoms with E-state index in [2.05, 4.69) is 0 Å². The molecule has 3 nitrogen and oxygen atoms in total. The number of carbonyl (C=O) groups is 1. The van der Waals surface area contributed by atoms with Crippen LogP contribution in [0.15, 0.2) is 0 Å². The van der Waals surface area contributed by atoms with Crippen LogP contribution < -0.4 is 4.72 Å². The molecule has 1 amide bonds. The van der Waals surface area contributed by atoms with Gasteiger partial charge in [-0.15, -0.1) is 0 Å². The van der Waals surface area contributed by atoms with Gasteiger partial charge in [0.2, 0.25) is 0 Å². The maximum absolute atomic E-state index is 9.69. The Labute approximate surface area is 49.8 Å². The molecule has 0 aromatic carbocycles. The Morgan fingerprint density at radius 3 is 2.71 bits per heavy atom. The van der Waals surface area contributed by atoms with Crippen LogP contribution in [0, 0.1) is 10.7 Å². The lowest BCUT2D eigenvalue weighted by Crippen LogP contribution is -2.02. The van der Waals surface area contributed by atoms with E-state index in [0.29, 0.717) is 11.9 Å². The molecule has 0 saturated heterocycles. The molecular weight excluding hydrogens is 136 g/mol. The molecule has 0 fully saturated rings. The van der Waals surface area contributed by atoms with Crippen LogP contribution in [0.5, 0.6) is 0 Å². The summed E-state index contributed by atoms with van der Waals surface area (Å²) < 4.78 is 1.98. The molecule has 0 aromatic rings. The second-order valence-electron chi connectivity index (χ2n) is 0.569. The van der Waals surface area contributed by atoms with Gasteiger partial charge in [-0.1, -0.05) is 0 Å². The van der Waals surface area contributed by atoms with E-state index in [9.17, 15) is 4.79 Å². The van der Waals surface area contributed by atoms with Crippen molar-refractivity contribution in [1.82, 2.24) is 4.72 Å². The van der Waals surface area contributed by atoms with Crippen LogP contribution in [0.2, 0.25) is 0 Å². The maximum Gasteiger partial charge on any atom is 0.324 e. The van der Waals surface area contributed by atoms with E-state index in [0.717, 1.165) is 0 Å². The first kappa shape index (κ1) is 6.60. The van der Waals surface area contributed by atoms with Gasteiger partial charge in [0, 0.05) is 0 Å². The number of nitriles is 1. The fourth-order valence-electron chi connectivity index (χ4n) is 0.0629. The standard InChI is InChI=1S/C2HClN2OS/c3-2(6)5-7-1-4/h(H,5,6). The highest BCUT2D eigenvalue weighted by Crippen LogP contribution is 1.88. The summed E-state index contributed by atoms with van der Waals surface area (Å²) in [7, 11) is 0. The summed E-state index contributed by atoms with van der Waals surface area (Å²) in [6.45, 7) is 0. The van der Waals surface area contributed by atoms with Crippen molar-refractivity contribution >= 4 is 28.9 Å². The Morgan fingerprint density at radius 2 is 2.57 bits per heavy atom.